The van der Waals surface area contributed by atoms with E-state index in [4.69, 9.17) is 5.11 Å². The van der Waals surface area contributed by atoms with Crippen molar-refractivity contribution in [3.63, 3.8) is 0 Å². The molecule has 0 fully saturated rings. The van der Waals surface area contributed by atoms with Crippen LogP contribution in [0.5, 0.6) is 0 Å². The number of hydrogen-bond donors (Lipinski definition) is 2. The average molecular weight is 261 g/mol. The quantitative estimate of drug-likeness (QED) is 0.888. The van der Waals surface area contributed by atoms with Gasteiger partial charge < -0.3 is 10.4 Å². The molecule has 0 radical (unpaired) electrons. The van der Waals surface area contributed by atoms with Gasteiger partial charge in [-0.15, -0.1) is 0 Å². The van der Waals surface area contributed by atoms with Crippen LogP contribution < -0.4 is 5.32 Å². The number of hydrogen-bond acceptors (Lipinski definition) is 4. The molecule has 0 saturated carbocycles. The molecule has 0 saturated heterocycles. The Balaban J connectivity index is 2.26. The van der Waals surface area contributed by atoms with Gasteiger partial charge in [0.1, 0.15) is 5.82 Å². The van der Waals surface area contributed by atoms with Gasteiger partial charge in [0.25, 0.3) is 0 Å². The topological polar surface area (TPSA) is 75.1 Å². The molecule has 6 heteroatoms. The van der Waals surface area contributed by atoms with E-state index in [2.05, 4.69) is 15.3 Å². The molecule has 0 amide bonds. The van der Waals surface area contributed by atoms with Crippen LogP contribution in [0.2, 0.25) is 0 Å². The summed E-state index contributed by atoms with van der Waals surface area (Å²) < 4.78 is 13.1. The number of nitrogens with zero attached hydrogens (tertiary/aromatic N) is 2. The van der Waals surface area contributed by atoms with E-state index in [0.717, 1.165) is 0 Å². The van der Waals surface area contributed by atoms with E-state index in [9.17, 15) is 9.18 Å². The molecule has 0 unspecified atom stereocenters. The van der Waals surface area contributed by atoms with Gasteiger partial charge in [0.05, 0.1) is 11.3 Å². The summed E-state index contributed by atoms with van der Waals surface area (Å²) in [6.07, 6.45) is 1.24. The van der Waals surface area contributed by atoms with Crippen LogP contribution in [0.3, 0.4) is 0 Å². The SMILES string of the molecule is Cc1cc(Nc2ncc(C(=O)O)c(C)n2)ccc1F. The number of carboxylic acids is 1. The summed E-state index contributed by atoms with van der Waals surface area (Å²) in [4.78, 5) is 18.8. The van der Waals surface area contributed by atoms with E-state index in [-0.39, 0.29) is 17.3 Å². The highest BCUT2D eigenvalue weighted by Crippen LogP contribution is 2.17. The van der Waals surface area contributed by atoms with Crippen LogP contribution in [0, 0.1) is 19.7 Å². The Morgan fingerprint density at radius 2 is 2.11 bits per heavy atom. The van der Waals surface area contributed by atoms with Gasteiger partial charge in [-0.1, -0.05) is 0 Å². The lowest BCUT2D eigenvalue weighted by molar-refractivity contribution is 0.0695. The third-order valence-electron chi connectivity index (χ3n) is 2.62. The molecular formula is C13H12FN3O2. The third-order valence-corrected chi connectivity index (χ3v) is 2.62. The zero-order chi connectivity index (χ0) is 14.0. The summed E-state index contributed by atoms with van der Waals surface area (Å²) in [6.45, 7) is 3.24. The first kappa shape index (κ1) is 12.9. The molecule has 2 rings (SSSR count). The number of aromatic nitrogens is 2. The predicted octanol–water partition coefficient (Wildman–Crippen LogP) is 2.67. The number of carbonyl (C=O) groups is 1. The lowest BCUT2D eigenvalue weighted by Crippen LogP contribution is -2.06. The number of anilines is 2. The van der Waals surface area contributed by atoms with Crippen LogP contribution in [0.25, 0.3) is 0 Å². The standard InChI is InChI=1S/C13H12FN3O2/c1-7-5-9(3-4-11(7)14)17-13-15-6-10(12(18)19)8(2)16-13/h3-6H,1-2H3,(H,18,19)(H,15,16,17). The highest BCUT2D eigenvalue weighted by atomic mass is 19.1. The van der Waals surface area contributed by atoms with Gasteiger partial charge >= 0.3 is 5.97 Å². The highest BCUT2D eigenvalue weighted by molar-refractivity contribution is 5.88. The number of halogens is 1. The van der Waals surface area contributed by atoms with Gasteiger partial charge in [-0.2, -0.15) is 0 Å². The van der Waals surface area contributed by atoms with E-state index >= 15 is 0 Å². The van der Waals surface area contributed by atoms with Crippen LogP contribution in [0.4, 0.5) is 16.0 Å². The Morgan fingerprint density at radius 1 is 1.37 bits per heavy atom. The molecule has 0 atom stereocenters. The van der Waals surface area contributed by atoms with Gasteiger partial charge in [0, 0.05) is 11.9 Å². The van der Waals surface area contributed by atoms with Gasteiger partial charge in [0.2, 0.25) is 5.95 Å². The van der Waals surface area contributed by atoms with Crippen LogP contribution in [0.1, 0.15) is 21.6 Å². The summed E-state index contributed by atoms with van der Waals surface area (Å²) in [6, 6.07) is 4.53. The molecule has 5 nitrogen and oxygen atoms in total. The van der Waals surface area contributed by atoms with Crippen molar-refractivity contribution in [3.05, 3.63) is 47.0 Å². The lowest BCUT2D eigenvalue weighted by atomic mass is 10.2. The maximum absolute atomic E-state index is 13.1. The second-order valence-corrected chi connectivity index (χ2v) is 4.09. The predicted molar refractivity (Wildman–Crippen MR) is 68.1 cm³/mol. The van der Waals surface area contributed by atoms with Gasteiger partial charge in [-0.25, -0.2) is 19.2 Å². The molecule has 2 N–H and O–H groups in total. The van der Waals surface area contributed by atoms with Crippen molar-refractivity contribution < 1.29 is 14.3 Å². The molecule has 0 aliphatic heterocycles. The Hall–Kier alpha value is -2.50. The molecule has 1 heterocycles. The first-order valence-corrected chi connectivity index (χ1v) is 5.57. The fourth-order valence-corrected chi connectivity index (χ4v) is 1.59. The van der Waals surface area contributed by atoms with E-state index in [1.807, 2.05) is 0 Å². The minimum Gasteiger partial charge on any atom is -0.478 e. The fraction of sp³-hybridized carbons (Fsp3) is 0.154. The number of nitrogens with one attached hydrogen (secondary N) is 1. The van der Waals surface area contributed by atoms with Gasteiger partial charge in [0.15, 0.2) is 0 Å². The number of carboxylic acid groups (broad SMARTS) is 1. The summed E-state index contributed by atoms with van der Waals surface area (Å²) in [7, 11) is 0. The van der Waals surface area contributed by atoms with Crippen molar-refractivity contribution in [2.24, 2.45) is 0 Å². The smallest absolute Gasteiger partial charge is 0.339 e. The van der Waals surface area contributed by atoms with E-state index in [1.165, 1.54) is 12.3 Å². The minimum atomic E-state index is -1.07. The van der Waals surface area contributed by atoms with Crippen molar-refractivity contribution in [1.82, 2.24) is 9.97 Å². The molecule has 1 aromatic heterocycles. The van der Waals surface area contributed by atoms with E-state index < -0.39 is 5.97 Å². The average Bonchev–Trinajstić information content (AvgIpc) is 2.33. The number of aryl methyl sites for hydroxylation is 2. The second-order valence-electron chi connectivity index (χ2n) is 4.09. The number of benzene rings is 1. The maximum atomic E-state index is 13.1. The number of rotatable bonds is 3. The maximum Gasteiger partial charge on any atom is 0.339 e. The number of aromatic carboxylic acids is 1. The normalized spacial score (nSPS) is 10.3. The molecule has 1 aromatic carbocycles. The third kappa shape index (κ3) is 2.85. The Kier molecular flexibility index (Phi) is 3.41. The van der Waals surface area contributed by atoms with Crippen molar-refractivity contribution in [1.29, 1.82) is 0 Å². The summed E-state index contributed by atoms with van der Waals surface area (Å²) in [5, 5.41) is 11.8. The van der Waals surface area contributed by atoms with Crippen LogP contribution in [-0.4, -0.2) is 21.0 Å². The van der Waals surface area contributed by atoms with Crippen molar-refractivity contribution in [2.75, 3.05) is 5.32 Å². The molecule has 0 bridgehead atoms. The van der Waals surface area contributed by atoms with Crippen LogP contribution >= 0.6 is 0 Å². The largest absolute Gasteiger partial charge is 0.478 e. The first-order valence-electron chi connectivity index (χ1n) is 5.57. The van der Waals surface area contributed by atoms with E-state index in [0.29, 0.717) is 16.9 Å². The Morgan fingerprint density at radius 3 is 2.68 bits per heavy atom. The molecule has 0 aliphatic carbocycles. The van der Waals surface area contributed by atoms with Crippen molar-refractivity contribution in [2.45, 2.75) is 13.8 Å². The van der Waals surface area contributed by atoms with Crippen molar-refractivity contribution in [3.8, 4) is 0 Å². The zero-order valence-electron chi connectivity index (χ0n) is 10.4. The second kappa shape index (κ2) is 5.01. The molecule has 0 aliphatic rings. The summed E-state index contributed by atoms with van der Waals surface area (Å²) in [5.41, 5.74) is 1.56. The van der Waals surface area contributed by atoms with Crippen LogP contribution in [0.15, 0.2) is 24.4 Å². The van der Waals surface area contributed by atoms with Crippen LogP contribution in [-0.2, 0) is 0 Å². The lowest BCUT2D eigenvalue weighted by Gasteiger charge is -2.07. The van der Waals surface area contributed by atoms with Crippen molar-refractivity contribution >= 4 is 17.6 Å². The monoisotopic (exact) mass is 261 g/mol. The Labute approximate surface area is 109 Å². The molecular weight excluding hydrogens is 249 g/mol. The molecule has 2 aromatic rings. The molecule has 98 valence electrons. The van der Waals surface area contributed by atoms with E-state index in [1.54, 1.807) is 26.0 Å². The molecule has 19 heavy (non-hydrogen) atoms. The van der Waals surface area contributed by atoms with Gasteiger partial charge in [-0.05, 0) is 37.6 Å². The summed E-state index contributed by atoms with van der Waals surface area (Å²) in [5.74, 6) is -1.08. The van der Waals surface area contributed by atoms with Gasteiger partial charge in [-0.3, -0.25) is 0 Å². The highest BCUT2D eigenvalue weighted by Gasteiger charge is 2.10. The zero-order valence-corrected chi connectivity index (χ0v) is 10.4. The summed E-state index contributed by atoms with van der Waals surface area (Å²) >= 11 is 0. The fourth-order valence-electron chi connectivity index (χ4n) is 1.59. The minimum absolute atomic E-state index is 0.0563. The molecule has 0 spiro atoms. The first-order chi connectivity index (χ1) is 8.97. The Bertz CT molecular complexity index is 644.